The number of hydrogen-bond donors (Lipinski definition) is 6. The standard InChI is InChI=1S/C27H29NO11.ClH/c1-10-22(31)13(28)6-17(38-10)39-15-8-27(36,16(30)9-29)7-12-19(15)26(35)21-20(24(12)33)23(32)11-4-3-5-14(37-2)18(11)25(21)34;/h3-5,10,13,15,17,22,29,31,33,35-36H,6-9,28H2,1-2H3;1H/t10-,13-,15-,17?,22?,27-;/m0./s1. The van der Waals surface area contributed by atoms with Gasteiger partial charge in [0.15, 0.2) is 17.9 Å². The number of rotatable bonds is 5. The van der Waals surface area contributed by atoms with Gasteiger partial charge in [-0.1, -0.05) is 12.1 Å². The number of hydrogen-bond acceptors (Lipinski definition) is 12. The van der Waals surface area contributed by atoms with E-state index in [1.807, 2.05) is 0 Å². The molecule has 0 radical (unpaired) electrons. The second-order valence-corrected chi connectivity index (χ2v) is 10.2. The fourth-order valence-electron chi connectivity index (χ4n) is 5.75. The fraction of sp³-hybridized carbons (Fsp3) is 0.444. The summed E-state index contributed by atoms with van der Waals surface area (Å²) >= 11 is 0. The van der Waals surface area contributed by atoms with E-state index in [9.17, 15) is 39.9 Å². The number of halogens is 1. The molecule has 1 aliphatic heterocycles. The maximum atomic E-state index is 13.6. The Bertz CT molecular complexity index is 1380. The topological polar surface area (TPSA) is 206 Å². The van der Waals surface area contributed by atoms with Crippen molar-refractivity contribution in [2.75, 3.05) is 13.7 Å². The van der Waals surface area contributed by atoms with Crippen LogP contribution < -0.4 is 10.5 Å². The minimum atomic E-state index is -2.24. The average molecular weight is 580 g/mol. The van der Waals surface area contributed by atoms with Crippen molar-refractivity contribution in [1.29, 1.82) is 0 Å². The van der Waals surface area contributed by atoms with Gasteiger partial charge in [-0.25, -0.2) is 0 Å². The number of aliphatic hydroxyl groups is 3. The zero-order valence-corrected chi connectivity index (χ0v) is 22.4. The van der Waals surface area contributed by atoms with Crippen molar-refractivity contribution >= 4 is 29.8 Å². The molecule has 1 heterocycles. The van der Waals surface area contributed by atoms with Crippen molar-refractivity contribution in [3.8, 4) is 17.2 Å². The van der Waals surface area contributed by atoms with Crippen LogP contribution in [0.5, 0.6) is 17.2 Å². The first kappa shape index (κ1) is 29.9. The zero-order chi connectivity index (χ0) is 28.4. The predicted molar refractivity (Wildman–Crippen MR) is 139 cm³/mol. The van der Waals surface area contributed by atoms with E-state index in [4.69, 9.17) is 19.9 Å². The van der Waals surface area contributed by atoms with Crippen LogP contribution in [0, 0.1) is 0 Å². The number of ether oxygens (including phenoxy) is 3. The summed E-state index contributed by atoms with van der Waals surface area (Å²) in [7, 11) is 1.32. The third-order valence-electron chi connectivity index (χ3n) is 7.81. The lowest BCUT2D eigenvalue weighted by Crippen LogP contribution is -2.53. The van der Waals surface area contributed by atoms with Crippen molar-refractivity contribution < 1.29 is 54.1 Å². The van der Waals surface area contributed by atoms with E-state index in [0.29, 0.717) is 0 Å². The smallest absolute Gasteiger partial charge is 0.202 e. The van der Waals surface area contributed by atoms with Crippen LogP contribution >= 0.6 is 12.4 Å². The number of phenols is 2. The molecule has 5 rings (SSSR count). The summed E-state index contributed by atoms with van der Waals surface area (Å²) in [6, 6.07) is 3.64. The van der Waals surface area contributed by atoms with Gasteiger partial charge in [0, 0.05) is 42.0 Å². The molecule has 0 saturated carbocycles. The lowest BCUT2D eigenvalue weighted by molar-refractivity contribution is -0.247. The van der Waals surface area contributed by atoms with Crippen LogP contribution in [0.3, 0.4) is 0 Å². The van der Waals surface area contributed by atoms with Crippen molar-refractivity contribution in [3.05, 3.63) is 51.6 Å². The van der Waals surface area contributed by atoms with Crippen LogP contribution in [0.15, 0.2) is 18.2 Å². The summed E-state index contributed by atoms with van der Waals surface area (Å²) in [6.07, 6.45) is -5.12. The van der Waals surface area contributed by atoms with Gasteiger partial charge in [0.05, 0.1) is 42.1 Å². The molecule has 13 heteroatoms. The third kappa shape index (κ3) is 4.45. The molecule has 2 aliphatic carbocycles. The Labute approximate surface area is 234 Å². The minimum Gasteiger partial charge on any atom is -0.507 e. The molecule has 2 unspecified atom stereocenters. The molecule has 7 N–H and O–H groups in total. The summed E-state index contributed by atoms with van der Waals surface area (Å²) in [5.74, 6) is -3.77. The van der Waals surface area contributed by atoms with Gasteiger partial charge < -0.3 is 45.5 Å². The number of carbonyl (C=O) groups is 3. The second-order valence-electron chi connectivity index (χ2n) is 10.2. The van der Waals surface area contributed by atoms with Crippen LogP contribution in [0.2, 0.25) is 0 Å². The van der Waals surface area contributed by atoms with E-state index in [2.05, 4.69) is 0 Å². The highest BCUT2D eigenvalue weighted by Crippen LogP contribution is 2.52. The monoisotopic (exact) mass is 579 g/mol. The lowest BCUT2D eigenvalue weighted by Gasteiger charge is -2.42. The maximum absolute atomic E-state index is 13.6. The molecule has 216 valence electrons. The number of aliphatic hydroxyl groups excluding tert-OH is 2. The molecule has 12 nitrogen and oxygen atoms in total. The quantitative estimate of drug-likeness (QED) is 0.227. The first-order valence-corrected chi connectivity index (χ1v) is 12.4. The van der Waals surface area contributed by atoms with Crippen molar-refractivity contribution in [1.82, 2.24) is 0 Å². The van der Waals surface area contributed by atoms with E-state index in [1.165, 1.54) is 25.3 Å². The molecule has 0 aromatic heterocycles. The molecule has 3 aliphatic rings. The lowest BCUT2D eigenvalue weighted by atomic mass is 9.72. The Balaban J connectivity index is 0.00000370. The molecule has 1 saturated heterocycles. The molecule has 0 amide bonds. The van der Waals surface area contributed by atoms with Gasteiger partial charge in [0.1, 0.15) is 29.5 Å². The molecule has 1 fully saturated rings. The molecule has 0 bridgehead atoms. The van der Waals surface area contributed by atoms with Gasteiger partial charge in [-0.2, -0.15) is 0 Å². The minimum absolute atomic E-state index is 0. The predicted octanol–water partition coefficient (Wildman–Crippen LogP) is 0.423. The highest BCUT2D eigenvalue weighted by molar-refractivity contribution is 6.31. The zero-order valence-electron chi connectivity index (χ0n) is 21.6. The Morgan fingerprint density at radius 1 is 1.15 bits per heavy atom. The van der Waals surface area contributed by atoms with Gasteiger partial charge in [-0.15, -0.1) is 12.4 Å². The number of benzene rings is 2. The average Bonchev–Trinajstić information content (AvgIpc) is 2.90. The van der Waals surface area contributed by atoms with E-state index in [-0.39, 0.29) is 46.8 Å². The Hall–Kier alpha value is -3.10. The number of ketones is 3. The molecular weight excluding hydrogens is 550 g/mol. The first-order valence-electron chi connectivity index (χ1n) is 12.4. The number of fused-ring (bicyclic) bond motifs is 3. The summed E-state index contributed by atoms with van der Waals surface area (Å²) in [5.41, 5.74) is 2.37. The second kappa shape index (κ2) is 10.7. The van der Waals surface area contributed by atoms with Crippen LogP contribution in [0.1, 0.15) is 68.8 Å². The number of phenolic OH excluding ortho intramolecular Hbond substituents is 2. The van der Waals surface area contributed by atoms with Gasteiger partial charge in [0.2, 0.25) is 5.78 Å². The molecular formula is C27H30ClNO11. The SMILES string of the molecule is COc1cccc2c1C(=O)c1c(O)c3c(c(O)c1C2=O)C[C@@](O)(C(=O)CO)C[C@@H]3OC1C[C@H](N)C(O)[C@H](C)O1.Cl. The number of carbonyl (C=O) groups excluding carboxylic acids is 3. The van der Waals surface area contributed by atoms with E-state index in [1.54, 1.807) is 6.92 Å². The van der Waals surface area contributed by atoms with Crippen LogP contribution in [-0.2, 0) is 20.7 Å². The van der Waals surface area contributed by atoms with Gasteiger partial charge in [0.25, 0.3) is 0 Å². The van der Waals surface area contributed by atoms with Crippen LogP contribution in [0.25, 0.3) is 0 Å². The number of methoxy groups -OCH3 is 1. The molecule has 0 spiro atoms. The summed E-state index contributed by atoms with van der Waals surface area (Å²) < 4.78 is 17.0. The number of aromatic hydroxyl groups is 2. The largest absolute Gasteiger partial charge is 0.507 e. The molecule has 6 atom stereocenters. The van der Waals surface area contributed by atoms with E-state index < -0.39 is 95.7 Å². The third-order valence-corrected chi connectivity index (χ3v) is 7.81. The summed E-state index contributed by atoms with van der Waals surface area (Å²) in [6.45, 7) is 0.560. The van der Waals surface area contributed by atoms with Crippen molar-refractivity contribution in [2.45, 2.75) is 62.4 Å². The van der Waals surface area contributed by atoms with Gasteiger partial charge in [-0.3, -0.25) is 14.4 Å². The van der Waals surface area contributed by atoms with Crippen molar-refractivity contribution in [2.24, 2.45) is 5.73 Å². The first-order chi connectivity index (χ1) is 18.4. The van der Waals surface area contributed by atoms with Crippen molar-refractivity contribution in [3.63, 3.8) is 0 Å². The Morgan fingerprint density at radius 2 is 1.82 bits per heavy atom. The molecule has 2 aromatic carbocycles. The summed E-state index contributed by atoms with van der Waals surface area (Å²) in [5, 5.41) is 53.7. The number of Topliss-reactive ketones (excluding diaryl/α,β-unsaturated/α-hetero) is 1. The summed E-state index contributed by atoms with van der Waals surface area (Å²) in [4.78, 5) is 39.7. The van der Waals surface area contributed by atoms with E-state index in [0.717, 1.165) is 0 Å². The highest BCUT2D eigenvalue weighted by atomic mass is 35.5. The van der Waals surface area contributed by atoms with Gasteiger partial charge in [-0.05, 0) is 13.0 Å². The highest BCUT2D eigenvalue weighted by Gasteiger charge is 2.50. The van der Waals surface area contributed by atoms with Crippen LogP contribution in [0.4, 0.5) is 0 Å². The van der Waals surface area contributed by atoms with Gasteiger partial charge >= 0.3 is 0 Å². The van der Waals surface area contributed by atoms with E-state index >= 15 is 0 Å². The number of nitrogens with two attached hydrogens (primary N) is 1. The molecule has 40 heavy (non-hydrogen) atoms. The normalized spacial score (nSPS) is 29.1. The van der Waals surface area contributed by atoms with Crippen LogP contribution in [-0.4, -0.2) is 86.7 Å². The Morgan fingerprint density at radius 3 is 2.45 bits per heavy atom. The fourth-order valence-corrected chi connectivity index (χ4v) is 5.75. The molecule has 2 aromatic rings. The Kier molecular flexibility index (Phi) is 8.00. The maximum Gasteiger partial charge on any atom is 0.202 e.